The number of nitrogens with zero attached hydrogens (tertiary/aromatic N) is 1. The topological polar surface area (TPSA) is 38.5 Å². The van der Waals surface area contributed by atoms with E-state index in [1.54, 1.807) is 0 Å². The quantitative estimate of drug-likeness (QED) is 0.871. The molecule has 1 aliphatic heterocycles. The summed E-state index contributed by atoms with van der Waals surface area (Å²) in [6, 6.07) is 7.65. The minimum Gasteiger partial charge on any atom is -0.493 e. The van der Waals surface area contributed by atoms with Crippen molar-refractivity contribution in [1.29, 1.82) is 0 Å². The first-order chi connectivity index (χ1) is 7.74. The molecule has 1 aromatic rings. The first kappa shape index (κ1) is 17.4. The largest absolute Gasteiger partial charge is 0.493 e. The second-order valence-corrected chi connectivity index (χ2v) is 4.63. The molecule has 0 spiro atoms. The molecule has 2 rings (SSSR count). The van der Waals surface area contributed by atoms with E-state index < -0.39 is 0 Å². The third-order valence-electron chi connectivity index (χ3n) is 3.18. The molecule has 3 nitrogen and oxygen atoms in total. The van der Waals surface area contributed by atoms with Crippen molar-refractivity contribution in [2.45, 2.75) is 12.8 Å². The summed E-state index contributed by atoms with van der Waals surface area (Å²) in [4.78, 5) is 2.37. The predicted octanol–water partition coefficient (Wildman–Crippen LogP) is 2.83. The fourth-order valence-corrected chi connectivity index (χ4v) is 2.05. The Bertz CT molecular complexity index is 342. The van der Waals surface area contributed by atoms with Gasteiger partial charge in [0.1, 0.15) is 5.75 Å². The van der Waals surface area contributed by atoms with Crippen LogP contribution >= 0.6 is 24.8 Å². The third-order valence-corrected chi connectivity index (χ3v) is 3.18. The SMILES string of the molecule is CN1CCC(COc2cccc(N)c2)CC1.Cl.Cl. The first-order valence-electron chi connectivity index (χ1n) is 5.91. The van der Waals surface area contributed by atoms with Gasteiger partial charge in [-0.1, -0.05) is 6.07 Å². The van der Waals surface area contributed by atoms with Gasteiger partial charge in [0.05, 0.1) is 6.61 Å². The Balaban J connectivity index is 0.00000144. The molecule has 2 N–H and O–H groups in total. The smallest absolute Gasteiger partial charge is 0.121 e. The summed E-state index contributed by atoms with van der Waals surface area (Å²) >= 11 is 0. The summed E-state index contributed by atoms with van der Waals surface area (Å²) in [7, 11) is 2.18. The summed E-state index contributed by atoms with van der Waals surface area (Å²) in [6.45, 7) is 3.19. The monoisotopic (exact) mass is 292 g/mol. The second kappa shape index (κ2) is 8.46. The molecule has 0 aliphatic carbocycles. The van der Waals surface area contributed by atoms with Crippen LogP contribution in [0.5, 0.6) is 5.75 Å². The lowest BCUT2D eigenvalue weighted by Gasteiger charge is -2.28. The van der Waals surface area contributed by atoms with E-state index in [-0.39, 0.29) is 24.8 Å². The molecule has 0 amide bonds. The molecule has 1 fully saturated rings. The van der Waals surface area contributed by atoms with Gasteiger partial charge in [0.25, 0.3) is 0 Å². The van der Waals surface area contributed by atoms with E-state index in [2.05, 4.69) is 11.9 Å². The average Bonchev–Trinajstić information content (AvgIpc) is 2.28. The second-order valence-electron chi connectivity index (χ2n) is 4.63. The molecule has 1 saturated heterocycles. The lowest BCUT2D eigenvalue weighted by Crippen LogP contribution is -2.32. The minimum absolute atomic E-state index is 0. The number of nitrogens with two attached hydrogens (primary N) is 1. The van der Waals surface area contributed by atoms with Crippen LogP contribution in [0.15, 0.2) is 24.3 Å². The standard InChI is InChI=1S/C13H20N2O.2ClH/c1-15-7-5-11(6-8-15)10-16-13-4-2-3-12(14)9-13;;/h2-4,9,11H,5-8,10,14H2,1H3;2*1H. The van der Waals surface area contributed by atoms with Crippen LogP contribution in [0.25, 0.3) is 0 Å². The van der Waals surface area contributed by atoms with E-state index >= 15 is 0 Å². The van der Waals surface area contributed by atoms with E-state index in [0.29, 0.717) is 5.92 Å². The summed E-state index contributed by atoms with van der Waals surface area (Å²) in [6.07, 6.45) is 2.47. The maximum absolute atomic E-state index is 5.76. The number of ether oxygens (including phenoxy) is 1. The maximum atomic E-state index is 5.76. The van der Waals surface area contributed by atoms with Crippen LogP contribution in [-0.4, -0.2) is 31.6 Å². The van der Waals surface area contributed by atoms with Gasteiger partial charge < -0.3 is 15.4 Å². The predicted molar refractivity (Wildman–Crippen MR) is 81.1 cm³/mol. The van der Waals surface area contributed by atoms with Crippen molar-refractivity contribution in [2.75, 3.05) is 32.5 Å². The molecule has 0 aromatic heterocycles. The van der Waals surface area contributed by atoms with E-state index in [1.165, 1.54) is 25.9 Å². The summed E-state index contributed by atoms with van der Waals surface area (Å²) in [5.41, 5.74) is 6.46. The number of rotatable bonds is 3. The zero-order valence-electron chi connectivity index (χ0n) is 10.7. The summed E-state index contributed by atoms with van der Waals surface area (Å²) < 4.78 is 5.76. The number of benzene rings is 1. The molecule has 18 heavy (non-hydrogen) atoms. The van der Waals surface area contributed by atoms with Crippen molar-refractivity contribution in [3.05, 3.63) is 24.3 Å². The minimum atomic E-state index is 0. The zero-order valence-corrected chi connectivity index (χ0v) is 12.3. The Kier molecular flexibility index (Phi) is 8.16. The molecule has 0 atom stereocenters. The molecule has 0 bridgehead atoms. The number of piperidine rings is 1. The molecular weight excluding hydrogens is 271 g/mol. The van der Waals surface area contributed by atoms with Gasteiger partial charge >= 0.3 is 0 Å². The van der Waals surface area contributed by atoms with E-state index in [9.17, 15) is 0 Å². The Morgan fingerprint density at radius 2 is 1.94 bits per heavy atom. The summed E-state index contributed by atoms with van der Waals surface area (Å²) in [5, 5.41) is 0. The van der Waals surface area contributed by atoms with Crippen LogP contribution in [-0.2, 0) is 0 Å². The van der Waals surface area contributed by atoms with Crippen LogP contribution < -0.4 is 10.5 Å². The zero-order chi connectivity index (χ0) is 11.4. The Morgan fingerprint density at radius 1 is 1.28 bits per heavy atom. The number of anilines is 1. The molecule has 0 unspecified atom stereocenters. The van der Waals surface area contributed by atoms with E-state index in [4.69, 9.17) is 10.5 Å². The molecule has 1 aliphatic rings. The fourth-order valence-electron chi connectivity index (χ4n) is 2.05. The van der Waals surface area contributed by atoms with Crippen LogP contribution in [0.3, 0.4) is 0 Å². The average molecular weight is 293 g/mol. The Hall–Kier alpha value is -0.640. The molecule has 1 aromatic carbocycles. The third kappa shape index (κ3) is 5.34. The number of likely N-dealkylation sites (tertiary alicyclic amines) is 1. The number of hydrogen-bond acceptors (Lipinski definition) is 3. The van der Waals surface area contributed by atoms with Gasteiger partial charge in [-0.25, -0.2) is 0 Å². The van der Waals surface area contributed by atoms with Crippen LogP contribution in [0.2, 0.25) is 0 Å². The maximum Gasteiger partial charge on any atom is 0.121 e. The highest BCUT2D eigenvalue weighted by Gasteiger charge is 2.16. The van der Waals surface area contributed by atoms with Crippen molar-refractivity contribution in [2.24, 2.45) is 5.92 Å². The molecule has 104 valence electrons. The van der Waals surface area contributed by atoms with Gasteiger partial charge in [-0.05, 0) is 51.0 Å². The summed E-state index contributed by atoms with van der Waals surface area (Å²) in [5.74, 6) is 1.58. The molecule has 5 heteroatoms. The molecular formula is C13H22Cl2N2O. The molecule has 0 saturated carbocycles. The number of hydrogen-bond donors (Lipinski definition) is 1. The van der Waals surface area contributed by atoms with E-state index in [0.717, 1.165) is 18.0 Å². The highest BCUT2D eigenvalue weighted by Crippen LogP contribution is 2.19. The van der Waals surface area contributed by atoms with Crippen molar-refractivity contribution in [1.82, 2.24) is 4.90 Å². The first-order valence-corrected chi connectivity index (χ1v) is 5.91. The normalized spacial score (nSPS) is 16.5. The number of nitrogen functional groups attached to an aromatic ring is 1. The van der Waals surface area contributed by atoms with Crippen molar-refractivity contribution < 1.29 is 4.74 Å². The van der Waals surface area contributed by atoms with Gasteiger partial charge in [-0.15, -0.1) is 24.8 Å². The Morgan fingerprint density at radius 3 is 2.56 bits per heavy atom. The lowest BCUT2D eigenvalue weighted by molar-refractivity contribution is 0.160. The van der Waals surface area contributed by atoms with Crippen molar-refractivity contribution in [3.8, 4) is 5.75 Å². The van der Waals surface area contributed by atoms with E-state index in [1.807, 2.05) is 24.3 Å². The van der Waals surface area contributed by atoms with Crippen molar-refractivity contribution >= 4 is 30.5 Å². The van der Waals surface area contributed by atoms with Crippen molar-refractivity contribution in [3.63, 3.8) is 0 Å². The van der Waals surface area contributed by atoms with Gasteiger partial charge in [0.2, 0.25) is 0 Å². The molecule has 1 heterocycles. The lowest BCUT2D eigenvalue weighted by atomic mass is 9.98. The van der Waals surface area contributed by atoms with Gasteiger partial charge in [0.15, 0.2) is 0 Å². The fraction of sp³-hybridized carbons (Fsp3) is 0.538. The molecule has 0 radical (unpaired) electrons. The van der Waals surface area contributed by atoms with Crippen LogP contribution in [0.4, 0.5) is 5.69 Å². The highest BCUT2D eigenvalue weighted by atomic mass is 35.5. The van der Waals surface area contributed by atoms with Gasteiger partial charge in [-0.2, -0.15) is 0 Å². The van der Waals surface area contributed by atoms with Gasteiger partial charge in [-0.3, -0.25) is 0 Å². The number of halogens is 2. The highest BCUT2D eigenvalue weighted by molar-refractivity contribution is 5.85. The van der Waals surface area contributed by atoms with Gasteiger partial charge in [0, 0.05) is 11.8 Å². The van der Waals surface area contributed by atoms with Crippen LogP contribution in [0, 0.1) is 5.92 Å². The Labute approximate surface area is 121 Å². The van der Waals surface area contributed by atoms with Crippen LogP contribution in [0.1, 0.15) is 12.8 Å².